The molecule has 0 heterocycles. The number of carbonyl (C=O) groups is 1. The zero-order chi connectivity index (χ0) is 12.4. The van der Waals surface area contributed by atoms with Crippen LogP contribution < -0.4 is 0 Å². The van der Waals surface area contributed by atoms with E-state index in [0.29, 0.717) is 6.42 Å². The molecule has 2 rings (SSSR count). The van der Waals surface area contributed by atoms with Crippen LogP contribution in [-0.2, 0) is 11.2 Å². The molecule has 0 aromatic heterocycles. The molecular weight excluding hydrogens is 300 g/mol. The lowest BCUT2D eigenvalue weighted by Gasteiger charge is -2.09. The SMILES string of the molecule is CC(Cc1ccc(SC2CC2)c(Br)c1)C(=O)O. The molecule has 4 heteroatoms. The summed E-state index contributed by atoms with van der Waals surface area (Å²) in [5.74, 6) is -1.07. The summed E-state index contributed by atoms with van der Waals surface area (Å²) >= 11 is 5.47. The second-order valence-corrected chi connectivity index (χ2v) is 6.72. The van der Waals surface area contributed by atoms with Gasteiger partial charge in [-0.2, -0.15) is 0 Å². The van der Waals surface area contributed by atoms with Gasteiger partial charge in [0.25, 0.3) is 0 Å². The minimum Gasteiger partial charge on any atom is -0.481 e. The maximum atomic E-state index is 10.8. The van der Waals surface area contributed by atoms with Gasteiger partial charge >= 0.3 is 5.97 Å². The highest BCUT2D eigenvalue weighted by molar-refractivity contribution is 9.10. The van der Waals surface area contributed by atoms with Crippen molar-refractivity contribution in [2.45, 2.75) is 36.3 Å². The molecule has 1 aliphatic rings. The molecule has 1 aliphatic carbocycles. The van der Waals surface area contributed by atoms with Gasteiger partial charge in [0, 0.05) is 14.6 Å². The molecule has 1 saturated carbocycles. The molecular formula is C13H15BrO2S. The van der Waals surface area contributed by atoms with Crippen LogP contribution in [0.25, 0.3) is 0 Å². The minimum atomic E-state index is -0.738. The molecule has 2 nitrogen and oxygen atoms in total. The fourth-order valence-corrected chi connectivity index (χ4v) is 3.33. The van der Waals surface area contributed by atoms with E-state index in [4.69, 9.17) is 5.11 Å². The number of carboxylic acid groups (broad SMARTS) is 1. The summed E-state index contributed by atoms with van der Waals surface area (Å²) in [5, 5.41) is 9.67. The summed E-state index contributed by atoms with van der Waals surface area (Å²) < 4.78 is 1.09. The van der Waals surface area contributed by atoms with E-state index in [1.165, 1.54) is 17.7 Å². The predicted molar refractivity (Wildman–Crippen MR) is 73.5 cm³/mol. The van der Waals surface area contributed by atoms with E-state index in [1.54, 1.807) is 6.92 Å². The number of hydrogen-bond acceptors (Lipinski definition) is 2. The summed E-state index contributed by atoms with van der Waals surface area (Å²) in [4.78, 5) is 12.1. The molecule has 1 fully saturated rings. The average Bonchev–Trinajstić information content (AvgIpc) is 3.06. The van der Waals surface area contributed by atoms with Crippen molar-refractivity contribution in [3.05, 3.63) is 28.2 Å². The van der Waals surface area contributed by atoms with Gasteiger partial charge in [0.1, 0.15) is 0 Å². The Morgan fingerprint density at radius 1 is 1.59 bits per heavy atom. The summed E-state index contributed by atoms with van der Waals surface area (Å²) in [6, 6.07) is 6.18. The van der Waals surface area contributed by atoms with Crippen LogP contribution in [0.1, 0.15) is 25.3 Å². The third kappa shape index (κ3) is 3.75. The third-order valence-corrected chi connectivity index (χ3v) is 5.11. The maximum absolute atomic E-state index is 10.8. The maximum Gasteiger partial charge on any atom is 0.306 e. The van der Waals surface area contributed by atoms with Crippen molar-refractivity contribution in [2.24, 2.45) is 5.92 Å². The Labute approximate surface area is 114 Å². The van der Waals surface area contributed by atoms with Crippen molar-refractivity contribution < 1.29 is 9.90 Å². The molecule has 0 spiro atoms. The van der Waals surface area contributed by atoms with E-state index < -0.39 is 5.97 Å². The Morgan fingerprint density at radius 2 is 2.29 bits per heavy atom. The Kier molecular flexibility index (Phi) is 4.15. The second-order valence-electron chi connectivity index (χ2n) is 4.53. The zero-order valence-electron chi connectivity index (χ0n) is 9.65. The highest BCUT2D eigenvalue weighted by atomic mass is 79.9. The van der Waals surface area contributed by atoms with Crippen LogP contribution in [0, 0.1) is 5.92 Å². The van der Waals surface area contributed by atoms with E-state index in [0.717, 1.165) is 15.3 Å². The Hall–Kier alpha value is -0.480. The Morgan fingerprint density at radius 3 is 2.82 bits per heavy atom. The molecule has 1 aromatic rings. The average molecular weight is 315 g/mol. The number of hydrogen-bond donors (Lipinski definition) is 1. The molecule has 0 saturated heterocycles. The van der Waals surface area contributed by atoms with Gasteiger partial charge in [0.05, 0.1) is 5.92 Å². The zero-order valence-corrected chi connectivity index (χ0v) is 12.1. The van der Waals surface area contributed by atoms with Crippen LogP contribution >= 0.6 is 27.7 Å². The summed E-state index contributed by atoms with van der Waals surface area (Å²) in [7, 11) is 0. The second kappa shape index (κ2) is 5.44. The third-order valence-electron chi connectivity index (χ3n) is 2.78. The van der Waals surface area contributed by atoms with E-state index in [-0.39, 0.29) is 5.92 Å². The van der Waals surface area contributed by atoms with Crippen molar-refractivity contribution in [2.75, 3.05) is 0 Å². The van der Waals surface area contributed by atoms with Crippen molar-refractivity contribution in [1.82, 2.24) is 0 Å². The molecule has 1 atom stereocenters. The number of thioether (sulfide) groups is 1. The molecule has 1 aromatic carbocycles. The first-order chi connectivity index (χ1) is 8.06. The first-order valence-electron chi connectivity index (χ1n) is 5.74. The predicted octanol–water partition coefficient (Wildman–Crippen LogP) is 3.97. The fourth-order valence-electron chi connectivity index (χ4n) is 1.57. The molecule has 0 amide bonds. The van der Waals surface area contributed by atoms with E-state index in [1.807, 2.05) is 23.9 Å². The summed E-state index contributed by atoms with van der Waals surface area (Å²) in [6.07, 6.45) is 3.21. The standard InChI is InChI=1S/C13H15BrO2S/c1-8(13(15)16)6-9-2-5-12(11(14)7-9)17-10-3-4-10/h2,5,7-8,10H,3-4,6H2,1H3,(H,15,16). The summed E-state index contributed by atoms with van der Waals surface area (Å²) in [5.41, 5.74) is 1.08. The van der Waals surface area contributed by atoms with Gasteiger partial charge in [-0.25, -0.2) is 0 Å². The van der Waals surface area contributed by atoms with Crippen LogP contribution in [0.4, 0.5) is 0 Å². The van der Waals surface area contributed by atoms with Gasteiger partial charge in [-0.05, 0) is 52.9 Å². The van der Waals surface area contributed by atoms with Crippen molar-refractivity contribution >= 4 is 33.7 Å². The van der Waals surface area contributed by atoms with Crippen molar-refractivity contribution in [1.29, 1.82) is 0 Å². The highest BCUT2D eigenvalue weighted by Crippen LogP contribution is 2.42. The minimum absolute atomic E-state index is 0.330. The van der Waals surface area contributed by atoms with Crippen LogP contribution in [-0.4, -0.2) is 16.3 Å². The lowest BCUT2D eigenvalue weighted by molar-refractivity contribution is -0.141. The number of aliphatic carboxylic acids is 1. The smallest absolute Gasteiger partial charge is 0.306 e. The lowest BCUT2D eigenvalue weighted by atomic mass is 10.0. The van der Waals surface area contributed by atoms with Crippen LogP contribution in [0.2, 0.25) is 0 Å². The lowest BCUT2D eigenvalue weighted by Crippen LogP contribution is -2.12. The van der Waals surface area contributed by atoms with Crippen LogP contribution in [0.5, 0.6) is 0 Å². The van der Waals surface area contributed by atoms with E-state index >= 15 is 0 Å². The molecule has 1 N–H and O–H groups in total. The largest absolute Gasteiger partial charge is 0.481 e. The quantitative estimate of drug-likeness (QED) is 0.893. The first kappa shape index (κ1) is 13.0. The topological polar surface area (TPSA) is 37.3 Å². The number of carboxylic acids is 1. The molecule has 0 bridgehead atoms. The van der Waals surface area contributed by atoms with Crippen LogP contribution in [0.3, 0.4) is 0 Å². The van der Waals surface area contributed by atoms with E-state index in [9.17, 15) is 4.79 Å². The Bertz CT molecular complexity index is 429. The van der Waals surface area contributed by atoms with Gasteiger partial charge in [0.2, 0.25) is 0 Å². The van der Waals surface area contributed by atoms with Gasteiger partial charge in [-0.1, -0.05) is 13.0 Å². The number of rotatable bonds is 5. The van der Waals surface area contributed by atoms with Gasteiger partial charge in [-0.3, -0.25) is 4.79 Å². The normalized spacial score (nSPS) is 16.8. The first-order valence-corrected chi connectivity index (χ1v) is 7.41. The van der Waals surface area contributed by atoms with Gasteiger partial charge in [0.15, 0.2) is 0 Å². The van der Waals surface area contributed by atoms with Crippen molar-refractivity contribution in [3.63, 3.8) is 0 Å². The number of benzene rings is 1. The molecule has 1 unspecified atom stereocenters. The van der Waals surface area contributed by atoms with Gasteiger partial charge in [-0.15, -0.1) is 11.8 Å². The molecule has 0 radical (unpaired) electrons. The monoisotopic (exact) mass is 314 g/mol. The molecule has 92 valence electrons. The number of halogens is 1. The van der Waals surface area contributed by atoms with Gasteiger partial charge < -0.3 is 5.11 Å². The summed E-state index contributed by atoms with van der Waals surface area (Å²) in [6.45, 7) is 1.74. The molecule has 17 heavy (non-hydrogen) atoms. The van der Waals surface area contributed by atoms with Crippen molar-refractivity contribution in [3.8, 4) is 0 Å². The fraction of sp³-hybridized carbons (Fsp3) is 0.462. The molecule has 0 aliphatic heterocycles. The Balaban J connectivity index is 2.04. The van der Waals surface area contributed by atoms with Crippen LogP contribution in [0.15, 0.2) is 27.6 Å². The highest BCUT2D eigenvalue weighted by Gasteiger charge is 2.23. The van der Waals surface area contributed by atoms with E-state index in [2.05, 4.69) is 22.0 Å².